The number of carboxylic acid groups (broad SMARTS) is 1. The molecule has 3 rings (SSSR count). The maximum absolute atomic E-state index is 11.7. The van der Waals surface area contributed by atoms with Gasteiger partial charge in [0, 0.05) is 24.2 Å². The van der Waals surface area contributed by atoms with E-state index in [-0.39, 0.29) is 6.04 Å². The van der Waals surface area contributed by atoms with Gasteiger partial charge in [-0.25, -0.2) is 0 Å². The number of fused-ring (bicyclic) bond motifs is 1. The number of carboxylic acids is 1. The molecule has 2 aliphatic rings. The maximum atomic E-state index is 11.7. The van der Waals surface area contributed by atoms with Crippen molar-refractivity contribution >= 4 is 17.6 Å². The van der Waals surface area contributed by atoms with Gasteiger partial charge in [0.1, 0.15) is 0 Å². The lowest BCUT2D eigenvalue weighted by Crippen LogP contribution is -2.36. The van der Waals surface area contributed by atoms with Gasteiger partial charge in [0.25, 0.3) is 0 Å². The first-order chi connectivity index (χ1) is 9.53. The van der Waals surface area contributed by atoms with Gasteiger partial charge in [-0.2, -0.15) is 0 Å². The van der Waals surface area contributed by atoms with Crippen molar-refractivity contribution < 1.29 is 9.90 Å². The first-order valence-corrected chi connectivity index (χ1v) is 7.64. The van der Waals surface area contributed by atoms with E-state index in [1.165, 1.54) is 0 Å². The Labute approximate surface area is 124 Å². The predicted molar refractivity (Wildman–Crippen MR) is 78.8 cm³/mol. The monoisotopic (exact) mass is 293 g/mol. The summed E-state index contributed by atoms with van der Waals surface area (Å²) in [4.78, 5) is 14.0. The number of likely N-dealkylation sites (tertiary alicyclic amines) is 1. The summed E-state index contributed by atoms with van der Waals surface area (Å²) in [6, 6.07) is 8.09. The molecule has 2 fully saturated rings. The molecule has 1 aliphatic heterocycles. The molecule has 1 heterocycles. The molecule has 1 saturated carbocycles. The van der Waals surface area contributed by atoms with Gasteiger partial charge in [0.2, 0.25) is 0 Å². The van der Waals surface area contributed by atoms with Crippen molar-refractivity contribution in [3.63, 3.8) is 0 Å². The Hall–Kier alpha value is -1.06. The van der Waals surface area contributed by atoms with E-state index in [1.807, 2.05) is 18.2 Å². The number of nitrogens with zero attached hydrogens (tertiary/aromatic N) is 1. The molecule has 0 amide bonds. The minimum Gasteiger partial charge on any atom is -0.481 e. The summed E-state index contributed by atoms with van der Waals surface area (Å²) in [6.45, 7) is 3.70. The third-order valence-corrected chi connectivity index (χ3v) is 5.44. The molecule has 0 aromatic heterocycles. The second-order valence-electron chi connectivity index (χ2n) is 6.21. The highest BCUT2D eigenvalue weighted by molar-refractivity contribution is 6.30. The fourth-order valence-electron chi connectivity index (χ4n) is 3.95. The number of rotatable bonds is 3. The smallest absolute Gasteiger partial charge is 0.311 e. The van der Waals surface area contributed by atoms with E-state index in [0.717, 1.165) is 36.4 Å². The molecule has 1 saturated heterocycles. The van der Waals surface area contributed by atoms with E-state index in [0.29, 0.717) is 12.5 Å². The molecule has 1 aliphatic carbocycles. The molecule has 3 atom stereocenters. The number of aliphatic carboxylic acids is 1. The third-order valence-electron chi connectivity index (χ3n) is 5.20. The minimum atomic E-state index is -0.610. The summed E-state index contributed by atoms with van der Waals surface area (Å²) >= 11 is 6.06. The van der Waals surface area contributed by atoms with Crippen LogP contribution in [0.25, 0.3) is 0 Å². The Morgan fingerprint density at radius 2 is 2.35 bits per heavy atom. The molecule has 4 heteroatoms. The molecule has 0 spiro atoms. The van der Waals surface area contributed by atoms with Crippen molar-refractivity contribution in [2.45, 2.75) is 32.2 Å². The van der Waals surface area contributed by atoms with Crippen molar-refractivity contribution in [3.05, 3.63) is 34.9 Å². The van der Waals surface area contributed by atoms with Crippen LogP contribution in [0.4, 0.5) is 0 Å². The highest BCUT2D eigenvalue weighted by Crippen LogP contribution is 2.50. The van der Waals surface area contributed by atoms with Crippen LogP contribution in [-0.4, -0.2) is 29.1 Å². The number of hydrogen-bond donors (Lipinski definition) is 1. The van der Waals surface area contributed by atoms with Crippen LogP contribution >= 0.6 is 11.6 Å². The summed E-state index contributed by atoms with van der Waals surface area (Å²) in [7, 11) is 0. The van der Waals surface area contributed by atoms with Gasteiger partial charge in [-0.05, 0) is 43.4 Å². The Bertz CT molecular complexity index is 533. The number of benzene rings is 1. The molecular weight excluding hydrogens is 274 g/mol. The Morgan fingerprint density at radius 3 is 3.00 bits per heavy atom. The van der Waals surface area contributed by atoms with E-state index in [9.17, 15) is 9.90 Å². The largest absolute Gasteiger partial charge is 0.481 e. The van der Waals surface area contributed by atoms with E-state index in [1.54, 1.807) is 0 Å². The number of halogens is 1. The highest BCUT2D eigenvalue weighted by Gasteiger charge is 2.55. The first-order valence-electron chi connectivity index (χ1n) is 7.26. The van der Waals surface area contributed by atoms with Gasteiger partial charge in [0.15, 0.2) is 0 Å². The van der Waals surface area contributed by atoms with Gasteiger partial charge < -0.3 is 5.11 Å². The first kappa shape index (κ1) is 13.9. The fourth-order valence-corrected chi connectivity index (χ4v) is 4.15. The lowest BCUT2D eigenvalue weighted by molar-refractivity contribution is -0.149. The number of hydrogen-bond acceptors (Lipinski definition) is 2. The molecule has 1 N–H and O–H groups in total. The van der Waals surface area contributed by atoms with Gasteiger partial charge >= 0.3 is 5.97 Å². The van der Waals surface area contributed by atoms with E-state index in [4.69, 9.17) is 11.6 Å². The summed E-state index contributed by atoms with van der Waals surface area (Å²) in [5.41, 5.74) is 0.658. The van der Waals surface area contributed by atoms with Gasteiger partial charge in [0.05, 0.1) is 5.41 Å². The lowest BCUT2D eigenvalue weighted by Gasteiger charge is -2.27. The van der Waals surface area contributed by atoms with Crippen LogP contribution in [0.1, 0.15) is 37.8 Å². The van der Waals surface area contributed by atoms with E-state index >= 15 is 0 Å². The van der Waals surface area contributed by atoms with Gasteiger partial charge in [-0.3, -0.25) is 9.69 Å². The predicted octanol–water partition coefficient (Wildman–Crippen LogP) is 3.59. The van der Waals surface area contributed by atoms with Gasteiger partial charge in [-0.15, -0.1) is 0 Å². The second kappa shape index (κ2) is 5.05. The van der Waals surface area contributed by atoms with Crippen molar-refractivity contribution in [2.75, 3.05) is 13.1 Å². The SMILES string of the molecule is CC(c1cccc(Cl)c1)N1C[C@@H]2CCC[C@@]2(C(=O)O)C1. The molecule has 20 heavy (non-hydrogen) atoms. The second-order valence-corrected chi connectivity index (χ2v) is 6.65. The zero-order valence-corrected chi connectivity index (χ0v) is 12.4. The molecule has 1 aromatic rings. The third kappa shape index (κ3) is 2.13. The Kier molecular flexibility index (Phi) is 3.51. The minimum absolute atomic E-state index is 0.218. The zero-order valence-electron chi connectivity index (χ0n) is 11.7. The van der Waals surface area contributed by atoms with Crippen LogP contribution in [0.3, 0.4) is 0 Å². The van der Waals surface area contributed by atoms with Crippen LogP contribution in [0.15, 0.2) is 24.3 Å². The molecule has 108 valence electrons. The fraction of sp³-hybridized carbons (Fsp3) is 0.562. The van der Waals surface area contributed by atoms with Crippen molar-refractivity contribution in [2.24, 2.45) is 11.3 Å². The molecule has 1 aromatic carbocycles. The van der Waals surface area contributed by atoms with Crippen molar-refractivity contribution in [3.8, 4) is 0 Å². The summed E-state index contributed by atoms with van der Waals surface area (Å²) < 4.78 is 0. The Balaban J connectivity index is 1.82. The maximum Gasteiger partial charge on any atom is 0.311 e. The standard InChI is InChI=1S/C16H20ClNO2/c1-11(12-4-2-6-14(17)8-12)18-9-13-5-3-7-16(13,10-18)15(19)20/h2,4,6,8,11,13H,3,5,7,9-10H2,1H3,(H,19,20)/t11?,13-,16+/m0/s1. The van der Waals surface area contributed by atoms with Crippen LogP contribution in [-0.2, 0) is 4.79 Å². The van der Waals surface area contributed by atoms with Crippen molar-refractivity contribution in [1.29, 1.82) is 0 Å². The van der Waals surface area contributed by atoms with Crippen LogP contribution in [0, 0.1) is 11.3 Å². The quantitative estimate of drug-likeness (QED) is 0.926. The van der Waals surface area contributed by atoms with E-state index < -0.39 is 11.4 Å². The van der Waals surface area contributed by atoms with Crippen LogP contribution < -0.4 is 0 Å². The summed E-state index contributed by atoms with van der Waals surface area (Å²) in [6.07, 6.45) is 2.92. The van der Waals surface area contributed by atoms with E-state index in [2.05, 4.69) is 17.9 Å². The topological polar surface area (TPSA) is 40.5 Å². The van der Waals surface area contributed by atoms with Crippen molar-refractivity contribution in [1.82, 2.24) is 4.90 Å². The Morgan fingerprint density at radius 1 is 1.55 bits per heavy atom. The highest BCUT2D eigenvalue weighted by atomic mass is 35.5. The molecular formula is C16H20ClNO2. The summed E-state index contributed by atoms with van der Waals surface area (Å²) in [5, 5.41) is 10.4. The lowest BCUT2D eigenvalue weighted by atomic mass is 9.81. The zero-order chi connectivity index (χ0) is 14.3. The molecule has 3 nitrogen and oxygen atoms in total. The molecule has 1 unspecified atom stereocenters. The normalized spacial score (nSPS) is 31.2. The number of carbonyl (C=O) groups is 1. The van der Waals surface area contributed by atoms with Gasteiger partial charge in [-0.1, -0.05) is 30.2 Å². The molecule has 0 bridgehead atoms. The average Bonchev–Trinajstić information content (AvgIpc) is 2.95. The molecule has 0 radical (unpaired) electrons. The average molecular weight is 294 g/mol. The van der Waals surface area contributed by atoms with Crippen LogP contribution in [0.5, 0.6) is 0 Å². The van der Waals surface area contributed by atoms with Crippen LogP contribution in [0.2, 0.25) is 5.02 Å². The summed E-state index contributed by atoms with van der Waals surface area (Å²) in [5.74, 6) is -0.303.